The lowest BCUT2D eigenvalue weighted by Gasteiger charge is -2.38. The van der Waals surface area contributed by atoms with Crippen molar-refractivity contribution in [3.8, 4) is 5.75 Å². The highest BCUT2D eigenvalue weighted by molar-refractivity contribution is 6.31. The molecule has 2 aliphatic rings. The molecule has 1 aliphatic carbocycles. The molecule has 0 spiro atoms. The monoisotopic (exact) mass is 636 g/mol. The van der Waals surface area contributed by atoms with Crippen LogP contribution in [0.4, 0.5) is 5.69 Å². The van der Waals surface area contributed by atoms with Gasteiger partial charge in [0, 0.05) is 41.4 Å². The van der Waals surface area contributed by atoms with Crippen molar-refractivity contribution < 1.29 is 19.1 Å². The first-order valence-electron chi connectivity index (χ1n) is 15.2. The minimum Gasteiger partial charge on any atom is -0.494 e. The van der Waals surface area contributed by atoms with Crippen molar-refractivity contribution in [2.45, 2.75) is 57.7 Å². The lowest BCUT2D eigenvalue weighted by Crippen LogP contribution is -2.61. The zero-order chi connectivity index (χ0) is 31.1. The van der Waals surface area contributed by atoms with Crippen LogP contribution in [0.2, 0.25) is 10.0 Å². The van der Waals surface area contributed by atoms with Gasteiger partial charge in [0.25, 0.3) is 0 Å². The van der Waals surface area contributed by atoms with E-state index in [9.17, 15) is 14.4 Å². The van der Waals surface area contributed by atoms with Gasteiger partial charge in [-0.1, -0.05) is 53.5 Å². The van der Waals surface area contributed by atoms with E-state index in [2.05, 4.69) is 10.6 Å². The molecule has 1 heterocycles. The summed E-state index contributed by atoms with van der Waals surface area (Å²) >= 11 is 12.6. The predicted octanol–water partition coefficient (Wildman–Crippen LogP) is 5.18. The van der Waals surface area contributed by atoms with E-state index in [0.717, 1.165) is 48.1 Å². The van der Waals surface area contributed by atoms with Crippen LogP contribution in [-0.4, -0.2) is 60.9 Å². The number of piperazine rings is 1. The van der Waals surface area contributed by atoms with Gasteiger partial charge in [-0.15, -0.1) is 0 Å². The van der Waals surface area contributed by atoms with E-state index in [1.165, 1.54) is 0 Å². The molecule has 44 heavy (non-hydrogen) atoms. The molecule has 232 valence electrons. The van der Waals surface area contributed by atoms with Crippen LogP contribution >= 0.6 is 23.2 Å². The minimum absolute atomic E-state index is 0.0600. The SMILES string of the molecule is CCNC(=O)Cc1ccc(Cl)c(CN(C(=O)[C@H]2CNCC(=O)N2c2ccc(CCCOc3cccc(Cl)c3)cc2)C2CC2)c1. The van der Waals surface area contributed by atoms with Gasteiger partial charge in [0.2, 0.25) is 17.7 Å². The Morgan fingerprint density at radius 1 is 1.05 bits per heavy atom. The Morgan fingerprint density at radius 2 is 1.82 bits per heavy atom. The molecule has 0 radical (unpaired) electrons. The lowest BCUT2D eigenvalue weighted by atomic mass is 10.0. The number of hydrogen-bond acceptors (Lipinski definition) is 5. The van der Waals surface area contributed by atoms with Crippen molar-refractivity contribution in [1.82, 2.24) is 15.5 Å². The molecule has 5 rings (SSSR count). The topological polar surface area (TPSA) is 91.0 Å². The van der Waals surface area contributed by atoms with E-state index in [-0.39, 0.29) is 36.7 Å². The van der Waals surface area contributed by atoms with E-state index in [1.54, 1.807) is 17.0 Å². The molecule has 0 aromatic heterocycles. The van der Waals surface area contributed by atoms with Crippen LogP contribution in [0.25, 0.3) is 0 Å². The van der Waals surface area contributed by atoms with E-state index >= 15 is 0 Å². The zero-order valence-electron chi connectivity index (χ0n) is 24.9. The van der Waals surface area contributed by atoms with Crippen LogP contribution in [0.15, 0.2) is 66.7 Å². The number of nitrogens with zero attached hydrogens (tertiary/aromatic N) is 2. The van der Waals surface area contributed by atoms with Crippen LogP contribution in [0.5, 0.6) is 5.75 Å². The molecule has 10 heteroatoms. The third-order valence-electron chi connectivity index (χ3n) is 7.83. The quantitative estimate of drug-likeness (QED) is 0.252. The molecule has 0 bridgehead atoms. The molecular formula is C34H38Cl2N4O4. The van der Waals surface area contributed by atoms with Crippen molar-refractivity contribution in [3.05, 3.63) is 93.5 Å². The Balaban J connectivity index is 1.25. The van der Waals surface area contributed by atoms with E-state index in [4.69, 9.17) is 27.9 Å². The van der Waals surface area contributed by atoms with Crippen molar-refractivity contribution in [2.75, 3.05) is 31.1 Å². The fourth-order valence-electron chi connectivity index (χ4n) is 5.49. The first-order valence-corrected chi connectivity index (χ1v) is 15.9. The Hall–Kier alpha value is -3.59. The number of carbonyl (C=O) groups is 3. The van der Waals surface area contributed by atoms with Gasteiger partial charge in [-0.2, -0.15) is 0 Å². The van der Waals surface area contributed by atoms with E-state index in [0.29, 0.717) is 42.0 Å². The number of amides is 3. The number of halogens is 2. The third-order valence-corrected chi connectivity index (χ3v) is 8.43. The Labute approximate surface area is 268 Å². The molecule has 0 unspecified atom stereocenters. The first-order chi connectivity index (χ1) is 21.3. The summed E-state index contributed by atoms with van der Waals surface area (Å²) in [6.07, 6.45) is 3.70. The number of likely N-dealkylation sites (N-methyl/N-ethyl adjacent to an activating group) is 1. The van der Waals surface area contributed by atoms with E-state index in [1.807, 2.05) is 66.4 Å². The van der Waals surface area contributed by atoms with Crippen molar-refractivity contribution >= 4 is 46.6 Å². The number of ether oxygens (including phenoxy) is 1. The van der Waals surface area contributed by atoms with E-state index < -0.39 is 6.04 Å². The number of hydrogen-bond donors (Lipinski definition) is 2. The molecule has 1 aliphatic heterocycles. The summed E-state index contributed by atoms with van der Waals surface area (Å²) in [5.41, 5.74) is 3.45. The first kappa shape index (κ1) is 31.8. The largest absolute Gasteiger partial charge is 0.494 e. The smallest absolute Gasteiger partial charge is 0.247 e. The highest BCUT2D eigenvalue weighted by Crippen LogP contribution is 2.32. The number of benzene rings is 3. The third kappa shape index (κ3) is 8.31. The molecule has 2 fully saturated rings. The second kappa shape index (κ2) is 14.9. The highest BCUT2D eigenvalue weighted by atomic mass is 35.5. The van der Waals surface area contributed by atoms with Gasteiger partial charge in [-0.3, -0.25) is 19.3 Å². The molecule has 3 amide bonds. The van der Waals surface area contributed by atoms with Crippen molar-refractivity contribution in [3.63, 3.8) is 0 Å². The van der Waals surface area contributed by atoms with Gasteiger partial charge in [-0.05, 0) is 85.7 Å². The van der Waals surface area contributed by atoms with Gasteiger partial charge in [-0.25, -0.2) is 0 Å². The number of nitrogens with one attached hydrogen (secondary N) is 2. The molecule has 3 aromatic carbocycles. The maximum atomic E-state index is 14.1. The van der Waals surface area contributed by atoms with Gasteiger partial charge < -0.3 is 20.3 Å². The minimum atomic E-state index is -0.675. The summed E-state index contributed by atoms with van der Waals surface area (Å²) in [7, 11) is 0. The lowest BCUT2D eigenvalue weighted by molar-refractivity contribution is -0.136. The molecule has 1 atom stereocenters. The van der Waals surface area contributed by atoms with Gasteiger partial charge >= 0.3 is 0 Å². The summed E-state index contributed by atoms with van der Waals surface area (Å²) in [5.74, 6) is 0.432. The van der Waals surface area contributed by atoms with Crippen molar-refractivity contribution in [1.29, 1.82) is 0 Å². The second-order valence-corrected chi connectivity index (χ2v) is 12.1. The maximum Gasteiger partial charge on any atom is 0.247 e. The van der Waals surface area contributed by atoms with Crippen LogP contribution in [0.3, 0.4) is 0 Å². The number of anilines is 1. The summed E-state index contributed by atoms with van der Waals surface area (Å²) < 4.78 is 5.80. The summed E-state index contributed by atoms with van der Waals surface area (Å²) in [6, 6.07) is 20.1. The van der Waals surface area contributed by atoms with Gasteiger partial charge in [0.05, 0.1) is 19.6 Å². The fraction of sp³-hybridized carbons (Fsp3) is 0.382. The molecule has 3 aromatic rings. The maximum absolute atomic E-state index is 14.1. The number of carbonyl (C=O) groups excluding carboxylic acids is 3. The molecule has 2 N–H and O–H groups in total. The Kier molecular flexibility index (Phi) is 10.8. The zero-order valence-corrected chi connectivity index (χ0v) is 26.4. The number of rotatable bonds is 13. The number of aryl methyl sites for hydroxylation is 1. The van der Waals surface area contributed by atoms with Crippen molar-refractivity contribution in [2.24, 2.45) is 0 Å². The van der Waals surface area contributed by atoms with Crippen LogP contribution in [0, 0.1) is 0 Å². The average molecular weight is 638 g/mol. The fourth-order valence-corrected chi connectivity index (χ4v) is 5.84. The standard InChI is InChI=1S/C34H38Cl2N4O4/c1-2-38-32(41)18-24-10-15-30(36)25(17-24)22-39(27-13-14-27)34(43)31-20-37-21-33(42)40(31)28-11-8-23(9-12-28)5-4-16-44-29-7-3-6-26(35)19-29/h3,6-12,15,17,19,27,31,37H,2,4-5,13-14,16,18,20-22H2,1H3,(H,38,41)/t31-/m1/s1. The molecule has 8 nitrogen and oxygen atoms in total. The Bertz CT molecular complexity index is 1480. The molecule has 1 saturated carbocycles. The summed E-state index contributed by atoms with van der Waals surface area (Å²) in [4.78, 5) is 42.9. The average Bonchev–Trinajstić information content (AvgIpc) is 3.85. The predicted molar refractivity (Wildman–Crippen MR) is 173 cm³/mol. The second-order valence-electron chi connectivity index (χ2n) is 11.2. The molecular weight excluding hydrogens is 599 g/mol. The summed E-state index contributed by atoms with van der Waals surface area (Å²) in [5, 5.41) is 7.13. The Morgan fingerprint density at radius 3 is 2.55 bits per heavy atom. The van der Waals surface area contributed by atoms with Gasteiger partial charge in [0.15, 0.2) is 0 Å². The summed E-state index contributed by atoms with van der Waals surface area (Å²) in [6.45, 7) is 3.86. The van der Waals surface area contributed by atoms with Crippen LogP contribution < -0.4 is 20.3 Å². The van der Waals surface area contributed by atoms with Crippen LogP contribution in [0.1, 0.15) is 42.9 Å². The molecule has 1 saturated heterocycles. The highest BCUT2D eigenvalue weighted by Gasteiger charge is 2.41. The van der Waals surface area contributed by atoms with Gasteiger partial charge in [0.1, 0.15) is 11.8 Å². The van der Waals surface area contributed by atoms with Crippen LogP contribution in [-0.2, 0) is 33.8 Å². The normalized spacial score (nSPS) is 16.5.